The third kappa shape index (κ3) is 4.34. The molecule has 4 heteroatoms. The van der Waals surface area contributed by atoms with Crippen LogP contribution in [0.3, 0.4) is 0 Å². The van der Waals surface area contributed by atoms with Crippen molar-refractivity contribution in [2.45, 2.75) is 30.3 Å². The van der Waals surface area contributed by atoms with E-state index < -0.39 is 0 Å². The van der Waals surface area contributed by atoms with Gasteiger partial charge in [0.15, 0.2) is 0 Å². The van der Waals surface area contributed by atoms with E-state index >= 15 is 0 Å². The van der Waals surface area contributed by atoms with Crippen LogP contribution in [0.25, 0.3) is 0 Å². The molecule has 19 heavy (non-hydrogen) atoms. The normalized spacial score (nSPS) is 10.7. The molecule has 0 unspecified atom stereocenters. The monoisotopic (exact) mass is 336 g/mol. The first-order valence-corrected chi connectivity index (χ1v) is 7.89. The maximum atomic E-state index is 4.56. The predicted octanol–water partition coefficient (Wildman–Crippen LogP) is 4.41. The van der Waals surface area contributed by atoms with Crippen molar-refractivity contribution in [3.05, 3.63) is 52.1 Å². The van der Waals surface area contributed by atoms with Crippen LogP contribution >= 0.6 is 27.7 Å². The highest BCUT2D eigenvalue weighted by atomic mass is 79.9. The predicted molar refractivity (Wildman–Crippen MR) is 84.6 cm³/mol. The zero-order chi connectivity index (χ0) is 13.7. The van der Waals surface area contributed by atoms with Crippen molar-refractivity contribution in [2.24, 2.45) is 0 Å². The van der Waals surface area contributed by atoms with E-state index in [0.717, 1.165) is 22.6 Å². The quantitative estimate of drug-likeness (QED) is 0.875. The molecule has 0 fully saturated rings. The minimum Gasteiger partial charge on any atom is -0.313 e. The second-order valence-corrected chi connectivity index (χ2v) is 6.28. The van der Waals surface area contributed by atoms with E-state index in [2.05, 4.69) is 70.4 Å². The lowest BCUT2D eigenvalue weighted by atomic mass is 10.2. The second kappa shape index (κ2) is 7.08. The molecule has 1 aromatic heterocycles. The Hall–Kier alpha value is -0.840. The van der Waals surface area contributed by atoms with Gasteiger partial charge in [-0.1, -0.05) is 40.7 Å². The van der Waals surface area contributed by atoms with Crippen molar-refractivity contribution in [3.63, 3.8) is 0 Å². The average molecular weight is 337 g/mol. The van der Waals surface area contributed by atoms with Crippen molar-refractivity contribution in [1.29, 1.82) is 0 Å². The molecule has 0 bridgehead atoms. The molecule has 0 spiro atoms. The summed E-state index contributed by atoms with van der Waals surface area (Å²) in [7, 11) is 0. The highest BCUT2D eigenvalue weighted by Gasteiger charge is 2.04. The molecule has 1 aromatic carbocycles. The Morgan fingerprint density at radius 3 is 2.63 bits per heavy atom. The maximum Gasteiger partial charge on any atom is 0.104 e. The number of nitrogens with one attached hydrogen (secondary N) is 1. The van der Waals surface area contributed by atoms with Crippen LogP contribution in [0.5, 0.6) is 0 Å². The highest BCUT2D eigenvalue weighted by Crippen LogP contribution is 2.29. The number of nitrogens with zero attached hydrogens (tertiary/aromatic N) is 1. The maximum absolute atomic E-state index is 4.56. The summed E-state index contributed by atoms with van der Waals surface area (Å²) < 4.78 is 1.10. The van der Waals surface area contributed by atoms with Gasteiger partial charge in [-0.25, -0.2) is 4.98 Å². The number of rotatable bonds is 5. The van der Waals surface area contributed by atoms with E-state index in [-0.39, 0.29) is 0 Å². The molecule has 0 aliphatic heterocycles. The zero-order valence-electron chi connectivity index (χ0n) is 11.1. The number of hydrogen-bond acceptors (Lipinski definition) is 3. The fraction of sp³-hybridized carbons (Fsp3) is 0.267. The molecule has 0 aliphatic carbocycles. The SMILES string of the molecule is CCNCc1cnc(Sc2ccc(Br)cc2)c(C)c1. The average Bonchev–Trinajstić information content (AvgIpc) is 2.41. The largest absolute Gasteiger partial charge is 0.313 e. The second-order valence-electron chi connectivity index (χ2n) is 4.30. The molecule has 0 radical (unpaired) electrons. The Balaban J connectivity index is 2.10. The molecule has 0 aliphatic rings. The fourth-order valence-corrected chi connectivity index (χ4v) is 2.79. The molecule has 2 nitrogen and oxygen atoms in total. The van der Waals surface area contributed by atoms with Crippen LogP contribution in [-0.2, 0) is 6.54 Å². The van der Waals surface area contributed by atoms with Gasteiger partial charge in [0.1, 0.15) is 5.03 Å². The lowest BCUT2D eigenvalue weighted by molar-refractivity contribution is 0.721. The Morgan fingerprint density at radius 1 is 1.26 bits per heavy atom. The van der Waals surface area contributed by atoms with Crippen LogP contribution in [0, 0.1) is 6.92 Å². The Kier molecular flexibility index (Phi) is 5.43. The molecule has 100 valence electrons. The summed E-state index contributed by atoms with van der Waals surface area (Å²) in [5, 5.41) is 4.39. The van der Waals surface area contributed by atoms with Crippen LogP contribution < -0.4 is 5.32 Å². The van der Waals surface area contributed by atoms with E-state index in [4.69, 9.17) is 0 Å². The number of aryl methyl sites for hydroxylation is 1. The van der Waals surface area contributed by atoms with Crippen LogP contribution in [0.4, 0.5) is 0 Å². The van der Waals surface area contributed by atoms with Gasteiger partial charge in [0.05, 0.1) is 0 Å². The Bertz CT molecular complexity index is 540. The first kappa shape index (κ1) is 14.6. The summed E-state index contributed by atoms with van der Waals surface area (Å²) in [5.74, 6) is 0. The summed E-state index contributed by atoms with van der Waals surface area (Å²) in [5.41, 5.74) is 2.46. The van der Waals surface area contributed by atoms with E-state index in [1.165, 1.54) is 16.0 Å². The van der Waals surface area contributed by atoms with Crippen molar-refractivity contribution >= 4 is 27.7 Å². The molecule has 2 rings (SSSR count). The molecule has 2 aromatic rings. The van der Waals surface area contributed by atoms with Gasteiger partial charge < -0.3 is 5.32 Å². The molecule has 1 heterocycles. The summed E-state index contributed by atoms with van der Waals surface area (Å²) >= 11 is 5.15. The molecule has 1 N–H and O–H groups in total. The number of pyridine rings is 1. The van der Waals surface area contributed by atoms with Crippen LogP contribution in [-0.4, -0.2) is 11.5 Å². The van der Waals surface area contributed by atoms with Gasteiger partial charge in [0.25, 0.3) is 0 Å². The molecule has 0 saturated carbocycles. The lowest BCUT2D eigenvalue weighted by Crippen LogP contribution is -2.12. The zero-order valence-corrected chi connectivity index (χ0v) is 13.5. The van der Waals surface area contributed by atoms with Gasteiger partial charge in [0, 0.05) is 22.1 Å². The Morgan fingerprint density at radius 2 is 2.00 bits per heavy atom. The molecule has 0 atom stereocenters. The van der Waals surface area contributed by atoms with Gasteiger partial charge in [-0.05, 0) is 48.9 Å². The summed E-state index contributed by atoms with van der Waals surface area (Å²) in [6, 6.07) is 10.5. The third-order valence-electron chi connectivity index (χ3n) is 2.69. The fourth-order valence-electron chi connectivity index (χ4n) is 1.71. The summed E-state index contributed by atoms with van der Waals surface area (Å²) in [6.45, 7) is 6.09. The standard InChI is InChI=1S/C15H17BrN2S/c1-3-17-9-12-8-11(2)15(18-10-12)19-14-6-4-13(16)5-7-14/h4-8,10,17H,3,9H2,1-2H3. The van der Waals surface area contributed by atoms with Crippen molar-refractivity contribution in [2.75, 3.05) is 6.54 Å². The third-order valence-corrected chi connectivity index (χ3v) is 4.35. The van der Waals surface area contributed by atoms with Gasteiger partial charge in [0.2, 0.25) is 0 Å². The number of aromatic nitrogens is 1. The van der Waals surface area contributed by atoms with Crippen LogP contribution in [0.15, 0.2) is 50.9 Å². The first-order chi connectivity index (χ1) is 9.19. The number of benzene rings is 1. The Labute approximate surface area is 127 Å². The number of halogens is 1. The smallest absolute Gasteiger partial charge is 0.104 e. The van der Waals surface area contributed by atoms with E-state index in [1.807, 2.05) is 6.20 Å². The first-order valence-electron chi connectivity index (χ1n) is 6.28. The van der Waals surface area contributed by atoms with E-state index in [0.29, 0.717) is 0 Å². The molecule has 0 saturated heterocycles. The van der Waals surface area contributed by atoms with E-state index in [1.54, 1.807) is 11.8 Å². The van der Waals surface area contributed by atoms with Crippen LogP contribution in [0.1, 0.15) is 18.1 Å². The van der Waals surface area contributed by atoms with Gasteiger partial charge in [-0.3, -0.25) is 0 Å². The molecule has 0 amide bonds. The highest BCUT2D eigenvalue weighted by molar-refractivity contribution is 9.10. The summed E-state index contributed by atoms with van der Waals surface area (Å²) in [4.78, 5) is 5.77. The summed E-state index contributed by atoms with van der Waals surface area (Å²) in [6.07, 6.45) is 1.96. The topological polar surface area (TPSA) is 24.9 Å². The minimum absolute atomic E-state index is 0.883. The van der Waals surface area contributed by atoms with Crippen molar-refractivity contribution in [1.82, 2.24) is 10.3 Å². The van der Waals surface area contributed by atoms with Crippen LogP contribution in [0.2, 0.25) is 0 Å². The van der Waals surface area contributed by atoms with Gasteiger partial charge in [-0.15, -0.1) is 0 Å². The number of hydrogen-bond donors (Lipinski definition) is 1. The molecular formula is C15H17BrN2S. The van der Waals surface area contributed by atoms with Gasteiger partial charge >= 0.3 is 0 Å². The van der Waals surface area contributed by atoms with Crippen molar-refractivity contribution in [3.8, 4) is 0 Å². The van der Waals surface area contributed by atoms with Gasteiger partial charge in [-0.2, -0.15) is 0 Å². The molecular weight excluding hydrogens is 320 g/mol. The van der Waals surface area contributed by atoms with E-state index in [9.17, 15) is 0 Å². The van der Waals surface area contributed by atoms with Crippen molar-refractivity contribution < 1.29 is 0 Å². The minimum atomic E-state index is 0.883. The lowest BCUT2D eigenvalue weighted by Gasteiger charge is -2.08.